The molecule has 0 fully saturated rings. The van der Waals surface area contributed by atoms with Crippen molar-refractivity contribution in [1.82, 2.24) is 10.2 Å². The van der Waals surface area contributed by atoms with Crippen LogP contribution in [0.15, 0.2) is 12.1 Å². The molecule has 0 aliphatic rings. The minimum Gasteiger partial charge on any atom is -0.490 e. The lowest BCUT2D eigenvalue weighted by atomic mass is 10.1. The first-order valence-electron chi connectivity index (χ1n) is 12.1. The fraction of sp³-hybridized carbons (Fsp3) is 0.680. The van der Waals surface area contributed by atoms with E-state index in [1.165, 1.54) is 75.2 Å². The molecular formula is C25H38F2N2OS. The summed E-state index contributed by atoms with van der Waals surface area (Å²) in [5.74, 6) is -1.86. The van der Waals surface area contributed by atoms with Gasteiger partial charge in [0.1, 0.15) is 5.01 Å². The van der Waals surface area contributed by atoms with Crippen molar-refractivity contribution in [3.63, 3.8) is 0 Å². The van der Waals surface area contributed by atoms with Gasteiger partial charge in [-0.25, -0.2) is 4.39 Å². The summed E-state index contributed by atoms with van der Waals surface area (Å²) in [4.78, 5) is 0. The minimum absolute atomic E-state index is 0.0233. The van der Waals surface area contributed by atoms with E-state index in [0.29, 0.717) is 11.6 Å². The van der Waals surface area contributed by atoms with E-state index in [2.05, 4.69) is 24.0 Å². The van der Waals surface area contributed by atoms with Gasteiger partial charge in [0.2, 0.25) is 5.82 Å². The van der Waals surface area contributed by atoms with Gasteiger partial charge in [0, 0.05) is 6.42 Å². The fourth-order valence-corrected chi connectivity index (χ4v) is 4.47. The van der Waals surface area contributed by atoms with Crippen molar-refractivity contribution in [2.24, 2.45) is 0 Å². The topological polar surface area (TPSA) is 35.0 Å². The molecule has 0 bridgehead atoms. The van der Waals surface area contributed by atoms with Crippen LogP contribution in [0, 0.1) is 11.6 Å². The molecule has 0 N–H and O–H groups in total. The molecule has 3 nitrogen and oxygen atoms in total. The Morgan fingerprint density at radius 3 is 2.03 bits per heavy atom. The van der Waals surface area contributed by atoms with E-state index in [4.69, 9.17) is 4.74 Å². The van der Waals surface area contributed by atoms with Crippen LogP contribution in [0.4, 0.5) is 8.78 Å². The van der Waals surface area contributed by atoms with E-state index in [0.717, 1.165) is 37.1 Å². The maximum Gasteiger partial charge on any atom is 0.201 e. The summed E-state index contributed by atoms with van der Waals surface area (Å²) in [5, 5.41) is 9.53. The zero-order valence-electron chi connectivity index (χ0n) is 19.2. The molecule has 0 saturated carbocycles. The molecule has 31 heavy (non-hydrogen) atoms. The third-order valence-corrected chi connectivity index (χ3v) is 6.51. The number of benzene rings is 1. The van der Waals surface area contributed by atoms with Crippen LogP contribution in [-0.4, -0.2) is 16.8 Å². The largest absolute Gasteiger partial charge is 0.490 e. The number of rotatable bonds is 17. The van der Waals surface area contributed by atoms with Gasteiger partial charge in [0.25, 0.3) is 0 Å². The molecule has 0 spiro atoms. The van der Waals surface area contributed by atoms with Crippen molar-refractivity contribution >= 4 is 11.3 Å². The van der Waals surface area contributed by atoms with Crippen LogP contribution in [0.2, 0.25) is 0 Å². The van der Waals surface area contributed by atoms with Crippen molar-refractivity contribution in [3.8, 4) is 16.3 Å². The van der Waals surface area contributed by atoms with Crippen molar-refractivity contribution in [3.05, 3.63) is 28.8 Å². The van der Waals surface area contributed by atoms with Crippen LogP contribution in [-0.2, 0) is 6.42 Å². The Labute approximate surface area is 190 Å². The first-order valence-corrected chi connectivity index (χ1v) is 12.9. The molecule has 0 unspecified atom stereocenters. The van der Waals surface area contributed by atoms with Gasteiger partial charge in [-0.3, -0.25) is 0 Å². The molecule has 174 valence electrons. The Kier molecular flexibility index (Phi) is 12.7. The lowest BCUT2D eigenvalue weighted by Gasteiger charge is -2.09. The summed E-state index contributed by atoms with van der Waals surface area (Å²) < 4.78 is 34.6. The maximum absolute atomic E-state index is 14.6. The van der Waals surface area contributed by atoms with Gasteiger partial charge in [0.15, 0.2) is 16.6 Å². The summed E-state index contributed by atoms with van der Waals surface area (Å²) in [5.41, 5.74) is 0.159. The van der Waals surface area contributed by atoms with Crippen molar-refractivity contribution < 1.29 is 13.5 Å². The average molecular weight is 453 g/mol. The van der Waals surface area contributed by atoms with Crippen LogP contribution < -0.4 is 4.74 Å². The van der Waals surface area contributed by atoms with Crippen LogP contribution >= 0.6 is 11.3 Å². The smallest absolute Gasteiger partial charge is 0.201 e. The number of unbranched alkanes of at least 4 members (excludes halogenated alkanes) is 11. The van der Waals surface area contributed by atoms with Gasteiger partial charge in [-0.15, -0.1) is 10.2 Å². The first kappa shape index (κ1) is 25.7. The maximum atomic E-state index is 14.6. The normalized spacial score (nSPS) is 11.2. The molecule has 6 heteroatoms. The molecule has 0 radical (unpaired) electrons. The van der Waals surface area contributed by atoms with Crippen LogP contribution in [0.25, 0.3) is 10.6 Å². The Morgan fingerprint density at radius 1 is 0.742 bits per heavy atom. The molecule has 0 aliphatic heterocycles. The monoisotopic (exact) mass is 452 g/mol. The molecule has 0 saturated heterocycles. The van der Waals surface area contributed by atoms with Crippen molar-refractivity contribution in [2.75, 3.05) is 6.61 Å². The minimum atomic E-state index is -0.937. The Morgan fingerprint density at radius 2 is 1.35 bits per heavy atom. The first-order chi connectivity index (χ1) is 15.2. The number of hydrogen-bond donors (Lipinski definition) is 0. The van der Waals surface area contributed by atoms with Gasteiger partial charge in [-0.1, -0.05) is 95.8 Å². The van der Waals surface area contributed by atoms with Gasteiger partial charge in [0.05, 0.1) is 12.2 Å². The molecule has 1 aromatic carbocycles. The number of aromatic nitrogens is 2. The Bertz CT molecular complexity index is 751. The SMILES string of the molecule is CCCCCCCCCCOc1ccc(-c2nnc(CCCCCCC)s2)c(F)c1F. The summed E-state index contributed by atoms with van der Waals surface area (Å²) >= 11 is 1.34. The standard InChI is InChI=1S/C25H38F2N2OS/c1-3-5-7-9-10-11-13-15-19-30-21-18-17-20(23(26)24(21)27)25-29-28-22(31-25)16-14-12-8-6-4-2/h17-18H,3-16,19H2,1-2H3. The number of ether oxygens (including phenoxy) is 1. The van der Waals surface area contributed by atoms with E-state index in [-0.39, 0.29) is 11.3 Å². The van der Waals surface area contributed by atoms with E-state index >= 15 is 0 Å². The van der Waals surface area contributed by atoms with E-state index in [9.17, 15) is 8.78 Å². The highest BCUT2D eigenvalue weighted by atomic mass is 32.1. The van der Waals surface area contributed by atoms with Crippen LogP contribution in [0.5, 0.6) is 5.75 Å². The summed E-state index contributed by atoms with van der Waals surface area (Å²) in [6.45, 7) is 4.82. The summed E-state index contributed by atoms with van der Waals surface area (Å²) in [6, 6.07) is 3.05. The summed E-state index contributed by atoms with van der Waals surface area (Å²) in [7, 11) is 0. The molecule has 0 atom stereocenters. The van der Waals surface area contributed by atoms with Gasteiger partial charge in [-0.2, -0.15) is 4.39 Å². The molecule has 2 aromatic rings. The van der Waals surface area contributed by atoms with E-state index < -0.39 is 11.6 Å². The quantitative estimate of drug-likeness (QED) is 0.226. The highest BCUT2D eigenvalue weighted by Gasteiger charge is 2.18. The second-order valence-corrected chi connectivity index (χ2v) is 9.29. The highest BCUT2D eigenvalue weighted by Crippen LogP contribution is 2.32. The zero-order valence-corrected chi connectivity index (χ0v) is 20.0. The lowest BCUT2D eigenvalue weighted by Crippen LogP contribution is -2.01. The molecule has 0 amide bonds. The second-order valence-electron chi connectivity index (χ2n) is 8.23. The van der Waals surface area contributed by atoms with Crippen LogP contribution in [0.3, 0.4) is 0 Å². The van der Waals surface area contributed by atoms with Gasteiger partial charge >= 0.3 is 0 Å². The molecule has 2 rings (SSSR count). The zero-order chi connectivity index (χ0) is 22.3. The fourth-order valence-electron chi connectivity index (χ4n) is 3.57. The van der Waals surface area contributed by atoms with E-state index in [1.54, 1.807) is 6.07 Å². The van der Waals surface area contributed by atoms with Gasteiger partial charge in [-0.05, 0) is 25.0 Å². The number of hydrogen-bond acceptors (Lipinski definition) is 4. The lowest BCUT2D eigenvalue weighted by molar-refractivity contribution is 0.285. The molecule has 1 aromatic heterocycles. The number of nitrogens with zero attached hydrogens (tertiary/aromatic N) is 2. The Balaban J connectivity index is 1.77. The summed E-state index contributed by atoms with van der Waals surface area (Å²) in [6.07, 6.45) is 16.2. The Hall–Kier alpha value is -1.56. The molecule has 1 heterocycles. The predicted octanol–water partition coefficient (Wildman–Crippen LogP) is 8.52. The number of aryl methyl sites for hydroxylation is 1. The molecular weight excluding hydrogens is 414 g/mol. The second kappa shape index (κ2) is 15.3. The average Bonchev–Trinajstić information content (AvgIpc) is 3.24. The van der Waals surface area contributed by atoms with E-state index in [1.807, 2.05) is 0 Å². The molecule has 0 aliphatic carbocycles. The van der Waals surface area contributed by atoms with Gasteiger partial charge < -0.3 is 4.74 Å². The van der Waals surface area contributed by atoms with Crippen molar-refractivity contribution in [1.29, 1.82) is 0 Å². The third-order valence-electron chi connectivity index (χ3n) is 5.49. The van der Waals surface area contributed by atoms with Crippen LogP contribution in [0.1, 0.15) is 102 Å². The highest BCUT2D eigenvalue weighted by molar-refractivity contribution is 7.14. The third kappa shape index (κ3) is 9.22. The predicted molar refractivity (Wildman–Crippen MR) is 126 cm³/mol. The van der Waals surface area contributed by atoms with Crippen molar-refractivity contribution in [2.45, 2.75) is 104 Å². The number of halogens is 2.